The summed E-state index contributed by atoms with van der Waals surface area (Å²) in [5.41, 5.74) is -0.553. The Morgan fingerprint density at radius 1 is 1.16 bits per heavy atom. The van der Waals surface area contributed by atoms with E-state index in [1.807, 2.05) is 0 Å². The number of H-pyrrole nitrogens is 1. The number of Topliss-reactive ketones (excluding diaryl/α,β-unsaturated/α-hetero) is 1. The Bertz CT molecular complexity index is 922. The number of hydrogen-bond donors (Lipinski definition) is 1. The molecule has 1 N–H and O–H groups in total. The maximum atomic E-state index is 12.9. The number of aromatic nitrogens is 3. The predicted octanol–water partition coefficient (Wildman–Crippen LogP) is 2.16. The summed E-state index contributed by atoms with van der Waals surface area (Å²) in [4.78, 5) is 15.1. The first kappa shape index (κ1) is 17.5. The summed E-state index contributed by atoms with van der Waals surface area (Å²) >= 11 is 0. The number of hydrogen-bond acceptors (Lipinski definition) is 5. The molecule has 2 aromatic rings. The standard InChI is InChI=1S/C14H13F3N4O3S/c1-7-10-6-19-20-12(10)13(22)8(2)21(7)25(23,24)9-3-4-11(18-5-9)14(15,16)17/h3-8H,1-2H3,(H,19,20)/t7-,8+/m1/s1. The lowest BCUT2D eigenvalue weighted by Gasteiger charge is -2.36. The van der Waals surface area contributed by atoms with E-state index in [-0.39, 0.29) is 5.69 Å². The number of pyridine rings is 1. The monoisotopic (exact) mass is 374 g/mol. The minimum atomic E-state index is -4.67. The van der Waals surface area contributed by atoms with Gasteiger partial charge < -0.3 is 0 Å². The predicted molar refractivity (Wildman–Crippen MR) is 79.1 cm³/mol. The van der Waals surface area contributed by atoms with Crippen LogP contribution in [0, 0.1) is 0 Å². The van der Waals surface area contributed by atoms with Gasteiger partial charge in [0.2, 0.25) is 10.0 Å². The van der Waals surface area contributed by atoms with Crippen LogP contribution >= 0.6 is 0 Å². The Morgan fingerprint density at radius 2 is 1.84 bits per heavy atom. The Kier molecular flexibility index (Phi) is 3.95. The first-order valence-corrected chi connectivity index (χ1v) is 8.63. The van der Waals surface area contributed by atoms with Gasteiger partial charge in [-0.2, -0.15) is 22.6 Å². The van der Waals surface area contributed by atoms with Gasteiger partial charge in [-0.1, -0.05) is 0 Å². The molecule has 7 nitrogen and oxygen atoms in total. The zero-order valence-corrected chi connectivity index (χ0v) is 13.9. The van der Waals surface area contributed by atoms with Crippen molar-refractivity contribution in [2.45, 2.75) is 37.0 Å². The van der Waals surface area contributed by atoms with E-state index in [0.717, 1.165) is 10.4 Å². The van der Waals surface area contributed by atoms with E-state index in [4.69, 9.17) is 0 Å². The van der Waals surface area contributed by atoms with Crippen LogP contribution in [0.5, 0.6) is 0 Å². The number of nitrogens with one attached hydrogen (secondary N) is 1. The Balaban J connectivity index is 2.04. The molecule has 0 saturated carbocycles. The lowest BCUT2D eigenvalue weighted by Crippen LogP contribution is -2.48. The van der Waals surface area contributed by atoms with Crippen LogP contribution in [0.2, 0.25) is 0 Å². The zero-order chi connectivity index (χ0) is 18.6. The second-order valence-electron chi connectivity index (χ2n) is 5.63. The number of nitrogens with zero attached hydrogens (tertiary/aromatic N) is 3. The molecule has 134 valence electrons. The SMILES string of the molecule is C[C@@H]1c2cn[nH]c2C(=O)[C@H](C)N1S(=O)(=O)c1ccc(C(F)(F)F)nc1. The molecule has 0 fully saturated rings. The van der Waals surface area contributed by atoms with Crippen LogP contribution in [0.4, 0.5) is 13.2 Å². The van der Waals surface area contributed by atoms with E-state index >= 15 is 0 Å². The molecule has 3 heterocycles. The average Bonchev–Trinajstić information content (AvgIpc) is 3.02. The largest absolute Gasteiger partial charge is 0.433 e. The second kappa shape index (κ2) is 5.63. The Labute approximate surface area is 140 Å². The fourth-order valence-electron chi connectivity index (χ4n) is 2.85. The van der Waals surface area contributed by atoms with Crippen molar-refractivity contribution >= 4 is 15.8 Å². The van der Waals surface area contributed by atoms with Crippen molar-refractivity contribution in [3.05, 3.63) is 41.5 Å². The van der Waals surface area contributed by atoms with Gasteiger partial charge in [0.05, 0.1) is 18.3 Å². The van der Waals surface area contributed by atoms with Crippen molar-refractivity contribution in [1.82, 2.24) is 19.5 Å². The number of sulfonamides is 1. The topological polar surface area (TPSA) is 96.0 Å². The molecule has 0 amide bonds. The average molecular weight is 374 g/mol. The Hall–Kier alpha value is -2.27. The number of rotatable bonds is 2. The molecule has 1 aliphatic rings. The van der Waals surface area contributed by atoms with Gasteiger partial charge in [-0.05, 0) is 26.0 Å². The van der Waals surface area contributed by atoms with Gasteiger partial charge >= 0.3 is 6.18 Å². The van der Waals surface area contributed by atoms with E-state index in [9.17, 15) is 26.4 Å². The van der Waals surface area contributed by atoms with Crippen LogP contribution in [-0.4, -0.2) is 39.7 Å². The molecule has 11 heteroatoms. The maximum Gasteiger partial charge on any atom is 0.433 e. The fourth-order valence-corrected chi connectivity index (χ4v) is 4.56. The quantitative estimate of drug-likeness (QED) is 0.869. The highest BCUT2D eigenvalue weighted by Crippen LogP contribution is 2.36. The minimum Gasteiger partial charge on any atom is -0.291 e. The molecule has 0 radical (unpaired) electrons. The lowest BCUT2D eigenvalue weighted by atomic mass is 9.97. The van der Waals surface area contributed by atoms with Crippen molar-refractivity contribution in [2.75, 3.05) is 0 Å². The van der Waals surface area contributed by atoms with Gasteiger partial charge in [-0.15, -0.1) is 0 Å². The van der Waals surface area contributed by atoms with Crippen molar-refractivity contribution in [3.8, 4) is 0 Å². The van der Waals surface area contributed by atoms with Gasteiger partial charge in [0.25, 0.3) is 0 Å². The van der Waals surface area contributed by atoms with Crippen molar-refractivity contribution in [3.63, 3.8) is 0 Å². The van der Waals surface area contributed by atoms with Gasteiger partial charge in [-0.3, -0.25) is 14.9 Å². The molecule has 0 aromatic carbocycles. The molecule has 2 atom stereocenters. The summed E-state index contributed by atoms with van der Waals surface area (Å²) in [5, 5.41) is 6.31. The molecule has 25 heavy (non-hydrogen) atoms. The first-order chi connectivity index (χ1) is 11.5. The number of halogens is 3. The van der Waals surface area contributed by atoms with Crippen LogP contribution in [0.25, 0.3) is 0 Å². The van der Waals surface area contributed by atoms with Crippen molar-refractivity contribution in [1.29, 1.82) is 0 Å². The van der Waals surface area contributed by atoms with E-state index in [1.165, 1.54) is 13.1 Å². The van der Waals surface area contributed by atoms with E-state index < -0.39 is 44.7 Å². The first-order valence-electron chi connectivity index (χ1n) is 7.19. The normalized spacial score (nSPS) is 22.0. The smallest absolute Gasteiger partial charge is 0.291 e. The number of carbonyl (C=O) groups excluding carboxylic acids is 1. The molecule has 0 saturated heterocycles. The molecule has 3 rings (SSSR count). The summed E-state index contributed by atoms with van der Waals surface area (Å²) in [7, 11) is -4.24. The van der Waals surface area contributed by atoms with Crippen LogP contribution < -0.4 is 0 Å². The van der Waals surface area contributed by atoms with Crippen molar-refractivity contribution < 1.29 is 26.4 Å². The summed E-state index contributed by atoms with van der Waals surface area (Å²) < 4.78 is 64.5. The fraction of sp³-hybridized carbons (Fsp3) is 0.357. The third kappa shape index (κ3) is 2.72. The highest BCUT2D eigenvalue weighted by Gasteiger charge is 2.44. The molecule has 0 unspecified atom stereocenters. The van der Waals surface area contributed by atoms with Crippen LogP contribution in [0.1, 0.15) is 41.6 Å². The van der Waals surface area contributed by atoms with E-state index in [2.05, 4.69) is 15.2 Å². The van der Waals surface area contributed by atoms with Gasteiger partial charge in [0, 0.05) is 11.8 Å². The molecule has 0 bridgehead atoms. The number of aromatic amines is 1. The van der Waals surface area contributed by atoms with Crippen LogP contribution in [0.15, 0.2) is 29.4 Å². The summed E-state index contributed by atoms with van der Waals surface area (Å²) in [6.45, 7) is 2.99. The second-order valence-corrected chi connectivity index (χ2v) is 7.47. The molecular formula is C14H13F3N4O3S. The third-order valence-corrected chi connectivity index (χ3v) is 6.13. The van der Waals surface area contributed by atoms with Gasteiger partial charge in [0.1, 0.15) is 16.3 Å². The highest BCUT2D eigenvalue weighted by molar-refractivity contribution is 7.89. The van der Waals surface area contributed by atoms with Gasteiger partial charge in [-0.25, -0.2) is 8.42 Å². The maximum absolute atomic E-state index is 12.9. The summed E-state index contributed by atoms with van der Waals surface area (Å²) in [6, 6.07) is -0.319. The molecular weight excluding hydrogens is 361 g/mol. The molecule has 1 aliphatic heterocycles. The summed E-state index contributed by atoms with van der Waals surface area (Å²) in [6.07, 6.45) is -2.67. The minimum absolute atomic E-state index is 0.233. The van der Waals surface area contributed by atoms with Crippen LogP contribution in [-0.2, 0) is 16.2 Å². The van der Waals surface area contributed by atoms with Crippen LogP contribution in [0.3, 0.4) is 0 Å². The third-order valence-electron chi connectivity index (χ3n) is 4.11. The van der Waals surface area contributed by atoms with Crippen molar-refractivity contribution in [2.24, 2.45) is 0 Å². The summed E-state index contributed by atoms with van der Waals surface area (Å²) in [5.74, 6) is -0.464. The number of ketones is 1. The van der Waals surface area contributed by atoms with E-state index in [1.54, 1.807) is 6.92 Å². The van der Waals surface area contributed by atoms with E-state index in [0.29, 0.717) is 17.8 Å². The molecule has 2 aromatic heterocycles. The zero-order valence-electron chi connectivity index (χ0n) is 13.1. The lowest BCUT2D eigenvalue weighted by molar-refractivity contribution is -0.141. The molecule has 0 aliphatic carbocycles. The Morgan fingerprint density at radius 3 is 2.40 bits per heavy atom. The number of alkyl halides is 3. The molecule has 0 spiro atoms. The van der Waals surface area contributed by atoms with Gasteiger partial charge in [0.15, 0.2) is 5.78 Å². The number of fused-ring (bicyclic) bond motifs is 1. The highest BCUT2D eigenvalue weighted by atomic mass is 32.2. The number of carbonyl (C=O) groups is 1.